The van der Waals surface area contributed by atoms with Crippen LogP contribution in [0.4, 0.5) is 4.39 Å². The molecule has 0 aliphatic rings. The molecule has 0 saturated carbocycles. The van der Waals surface area contributed by atoms with E-state index in [1.807, 2.05) is 24.6 Å². The molecule has 0 N–H and O–H groups in total. The standard InChI is InChI=1S/C7H6F.Li/c1-6-2-4-7(8)5-3-6;/h2,4-5H,1H3;. The van der Waals surface area contributed by atoms with Crippen LogP contribution in [0.3, 0.4) is 0 Å². The van der Waals surface area contributed by atoms with E-state index in [1.54, 1.807) is 6.07 Å². The zero-order chi connectivity index (χ0) is 6.85. The molecule has 0 heterocycles. The van der Waals surface area contributed by atoms with Gasteiger partial charge in [0.05, 0.1) is 0 Å². The van der Waals surface area contributed by atoms with Crippen LogP contribution in [0.1, 0.15) is 5.56 Å². The van der Waals surface area contributed by atoms with Crippen molar-refractivity contribution in [2.45, 2.75) is 6.92 Å². The van der Waals surface area contributed by atoms with Crippen LogP contribution < -0.4 is 4.24 Å². The Morgan fingerprint density at radius 1 is 1.44 bits per heavy atom. The minimum atomic E-state index is -0.155. The van der Waals surface area contributed by atoms with Crippen molar-refractivity contribution in [3.63, 3.8) is 0 Å². The third-order valence-corrected chi connectivity index (χ3v) is 1.47. The van der Waals surface area contributed by atoms with E-state index in [4.69, 9.17) is 0 Å². The van der Waals surface area contributed by atoms with Crippen molar-refractivity contribution in [2.24, 2.45) is 0 Å². The summed E-state index contributed by atoms with van der Waals surface area (Å²) in [5.41, 5.74) is 1.14. The van der Waals surface area contributed by atoms with Crippen LogP contribution in [-0.4, -0.2) is 17.7 Å². The molecule has 0 nitrogen and oxygen atoms in total. The predicted octanol–water partition coefficient (Wildman–Crippen LogP) is 0.928. The third-order valence-electron chi connectivity index (χ3n) is 1.47. The molecule has 1 aromatic rings. The summed E-state index contributed by atoms with van der Waals surface area (Å²) in [7, 11) is 0. The molecule has 0 saturated heterocycles. The summed E-state index contributed by atoms with van der Waals surface area (Å²) in [5, 5.41) is 0. The molecular weight excluding hydrogens is 110 g/mol. The number of rotatable bonds is 0. The molecule has 0 aliphatic carbocycles. The summed E-state index contributed by atoms with van der Waals surface area (Å²) in [6.07, 6.45) is 0. The maximum absolute atomic E-state index is 12.3. The molecule has 0 aromatic heterocycles. The maximum atomic E-state index is 12.3. The van der Waals surface area contributed by atoms with Crippen molar-refractivity contribution >= 4 is 22.0 Å². The van der Waals surface area contributed by atoms with Gasteiger partial charge in [-0.1, -0.05) is 0 Å². The van der Waals surface area contributed by atoms with Gasteiger partial charge in [0.2, 0.25) is 0 Å². The van der Waals surface area contributed by atoms with Crippen LogP contribution in [0.15, 0.2) is 18.2 Å². The summed E-state index contributed by atoms with van der Waals surface area (Å²) in [6, 6.07) is 4.79. The topological polar surface area (TPSA) is 0 Å². The van der Waals surface area contributed by atoms with E-state index >= 15 is 0 Å². The number of aryl methyl sites for hydroxylation is 1. The molecule has 0 bridgehead atoms. The van der Waals surface area contributed by atoms with Crippen LogP contribution in [-0.2, 0) is 0 Å². The van der Waals surface area contributed by atoms with Gasteiger partial charge in [-0.15, -0.1) is 0 Å². The van der Waals surface area contributed by atoms with E-state index in [1.165, 1.54) is 12.1 Å². The van der Waals surface area contributed by atoms with Gasteiger partial charge in [-0.05, 0) is 0 Å². The fraction of sp³-hybridized carbons (Fsp3) is 0.143. The van der Waals surface area contributed by atoms with Crippen LogP contribution >= 0.6 is 0 Å². The predicted molar refractivity (Wildman–Crippen MR) is 36.5 cm³/mol. The zero-order valence-corrected chi connectivity index (χ0v) is 5.61. The van der Waals surface area contributed by atoms with Gasteiger partial charge in [-0.25, -0.2) is 0 Å². The number of hydrogen-bond donors (Lipinski definition) is 0. The average Bonchev–Trinajstić information content (AvgIpc) is 1.80. The molecule has 9 heavy (non-hydrogen) atoms. The molecule has 1 rings (SSSR count). The number of benzene rings is 1. The Balaban J connectivity index is 3.17. The van der Waals surface area contributed by atoms with Crippen molar-refractivity contribution < 1.29 is 4.39 Å². The van der Waals surface area contributed by atoms with Gasteiger partial charge in [-0.3, -0.25) is 0 Å². The van der Waals surface area contributed by atoms with Crippen LogP contribution in [0.25, 0.3) is 0 Å². The SMILES string of the molecule is [Li][c]1cc(F)ccc1C. The van der Waals surface area contributed by atoms with E-state index in [0.717, 1.165) is 9.80 Å². The summed E-state index contributed by atoms with van der Waals surface area (Å²) in [5.74, 6) is -0.155. The van der Waals surface area contributed by atoms with Crippen molar-refractivity contribution in [3.8, 4) is 0 Å². The molecule has 42 valence electrons. The quantitative estimate of drug-likeness (QED) is 0.442. The Kier molecular flexibility index (Phi) is 1.95. The van der Waals surface area contributed by atoms with Gasteiger partial charge in [0, 0.05) is 0 Å². The first-order valence-electron chi connectivity index (χ1n) is 2.93. The molecular formula is C7H6FLi. The van der Waals surface area contributed by atoms with Crippen LogP contribution in [0, 0.1) is 12.7 Å². The second-order valence-corrected chi connectivity index (χ2v) is 2.23. The number of halogens is 1. The normalized spacial score (nSPS) is 9.78. The first kappa shape index (κ1) is 6.86. The third kappa shape index (κ3) is 1.57. The molecule has 0 atom stereocenters. The molecule has 0 unspecified atom stereocenters. The van der Waals surface area contributed by atoms with E-state index < -0.39 is 0 Å². The Morgan fingerprint density at radius 2 is 2.11 bits per heavy atom. The second-order valence-electron chi connectivity index (χ2n) is 2.23. The molecule has 0 spiro atoms. The molecule has 0 amide bonds. The van der Waals surface area contributed by atoms with E-state index in [2.05, 4.69) is 0 Å². The van der Waals surface area contributed by atoms with E-state index in [0.29, 0.717) is 0 Å². The van der Waals surface area contributed by atoms with Crippen molar-refractivity contribution in [2.75, 3.05) is 0 Å². The molecule has 1 aromatic carbocycles. The fourth-order valence-electron chi connectivity index (χ4n) is 0.705. The Morgan fingerprint density at radius 3 is 2.56 bits per heavy atom. The monoisotopic (exact) mass is 116 g/mol. The van der Waals surface area contributed by atoms with Crippen LogP contribution in [0.5, 0.6) is 0 Å². The second kappa shape index (κ2) is 2.56. The first-order valence-corrected chi connectivity index (χ1v) is 2.93. The minimum absolute atomic E-state index is 0.155. The molecule has 2 heteroatoms. The van der Waals surface area contributed by atoms with Crippen LogP contribution in [0.2, 0.25) is 0 Å². The molecule has 0 aliphatic heterocycles. The summed E-state index contributed by atoms with van der Waals surface area (Å²) in [4.78, 5) is 0. The Hall–Kier alpha value is -0.253. The van der Waals surface area contributed by atoms with Crippen molar-refractivity contribution in [3.05, 3.63) is 29.6 Å². The fourth-order valence-corrected chi connectivity index (χ4v) is 0.705. The van der Waals surface area contributed by atoms with Gasteiger partial charge >= 0.3 is 62.8 Å². The first-order chi connectivity index (χ1) is 4.20. The van der Waals surface area contributed by atoms with Gasteiger partial charge in [-0.2, -0.15) is 0 Å². The Labute approximate surface area is 63.3 Å². The van der Waals surface area contributed by atoms with E-state index in [9.17, 15) is 4.39 Å². The van der Waals surface area contributed by atoms with Crippen molar-refractivity contribution in [1.29, 1.82) is 0 Å². The summed E-state index contributed by atoms with van der Waals surface area (Å²) in [6.45, 7) is 1.97. The van der Waals surface area contributed by atoms with Gasteiger partial charge in [0.25, 0.3) is 0 Å². The number of hydrogen-bond acceptors (Lipinski definition) is 0. The average molecular weight is 116 g/mol. The molecule has 0 radical (unpaired) electrons. The summed E-state index contributed by atoms with van der Waals surface area (Å²) >= 11 is 1.90. The van der Waals surface area contributed by atoms with E-state index in [-0.39, 0.29) is 5.82 Å². The van der Waals surface area contributed by atoms with Gasteiger partial charge < -0.3 is 0 Å². The Bertz CT molecular complexity index is 220. The van der Waals surface area contributed by atoms with Crippen molar-refractivity contribution in [1.82, 2.24) is 0 Å². The van der Waals surface area contributed by atoms with Gasteiger partial charge in [0.1, 0.15) is 0 Å². The zero-order valence-electron chi connectivity index (χ0n) is 5.61. The van der Waals surface area contributed by atoms with Gasteiger partial charge in [0.15, 0.2) is 0 Å². The summed E-state index contributed by atoms with van der Waals surface area (Å²) < 4.78 is 13.4. The molecule has 0 fully saturated rings.